The highest BCUT2D eigenvalue weighted by atomic mass is 16.5. The smallest absolute Gasteiger partial charge is 0.225 e. The molecule has 29 heavy (non-hydrogen) atoms. The number of nitrogens with two attached hydrogens (primary N) is 1. The zero-order valence-corrected chi connectivity index (χ0v) is 16.1. The highest BCUT2D eigenvalue weighted by Gasteiger charge is 2.23. The third-order valence-corrected chi connectivity index (χ3v) is 5.57. The molecule has 0 radical (unpaired) electrons. The van der Waals surface area contributed by atoms with Gasteiger partial charge in [-0.2, -0.15) is 10.2 Å². The lowest BCUT2D eigenvalue weighted by atomic mass is 9.94. The van der Waals surface area contributed by atoms with Gasteiger partial charge in [-0.1, -0.05) is 0 Å². The average Bonchev–Trinajstić information content (AvgIpc) is 3.30. The van der Waals surface area contributed by atoms with Crippen molar-refractivity contribution >= 4 is 16.7 Å². The maximum absolute atomic E-state index is 6.39. The summed E-state index contributed by atoms with van der Waals surface area (Å²) in [7, 11) is 0. The van der Waals surface area contributed by atoms with E-state index < -0.39 is 0 Å². The number of aromatic amines is 1. The zero-order valence-electron chi connectivity index (χ0n) is 16.1. The topological polar surface area (TPSA) is 128 Å². The molecule has 3 aromatic rings. The van der Waals surface area contributed by atoms with Crippen LogP contribution in [0.25, 0.3) is 22.3 Å². The summed E-state index contributed by atoms with van der Waals surface area (Å²) in [6, 6.07) is 4.24. The van der Waals surface area contributed by atoms with E-state index in [1.165, 1.54) is 0 Å². The number of anilines is 1. The number of H-pyrrole nitrogens is 1. The molecular weight excluding hydrogens is 372 g/mol. The van der Waals surface area contributed by atoms with Gasteiger partial charge in [0, 0.05) is 37.0 Å². The van der Waals surface area contributed by atoms with Crippen molar-refractivity contribution in [2.45, 2.75) is 37.8 Å². The van der Waals surface area contributed by atoms with E-state index in [1.807, 2.05) is 12.1 Å². The Kier molecular flexibility index (Phi) is 4.94. The molecule has 4 heterocycles. The summed E-state index contributed by atoms with van der Waals surface area (Å²) in [5.74, 6) is 1.96. The van der Waals surface area contributed by atoms with E-state index in [0.717, 1.165) is 61.1 Å². The molecular formula is C19H24N8O2. The number of fused-ring (bicyclic) bond motifs is 1. The number of nitrogens with zero attached hydrogens (tertiary/aromatic N) is 6. The van der Waals surface area contributed by atoms with Crippen LogP contribution in [0.1, 0.15) is 25.7 Å². The summed E-state index contributed by atoms with van der Waals surface area (Å²) < 4.78 is 11.9. The molecule has 3 N–H and O–H groups in total. The molecule has 10 nitrogen and oxygen atoms in total. The van der Waals surface area contributed by atoms with Crippen LogP contribution in [0.5, 0.6) is 5.88 Å². The fourth-order valence-electron chi connectivity index (χ4n) is 3.90. The monoisotopic (exact) mass is 396 g/mol. The molecule has 1 aliphatic heterocycles. The predicted octanol–water partition coefficient (Wildman–Crippen LogP) is 1.30. The third-order valence-electron chi connectivity index (χ3n) is 5.57. The summed E-state index contributed by atoms with van der Waals surface area (Å²) in [5, 5.41) is 15.1. The van der Waals surface area contributed by atoms with Crippen LogP contribution in [-0.4, -0.2) is 69.0 Å². The van der Waals surface area contributed by atoms with Gasteiger partial charge in [-0.15, -0.1) is 10.2 Å². The molecule has 152 valence electrons. The van der Waals surface area contributed by atoms with Crippen molar-refractivity contribution in [1.82, 2.24) is 30.6 Å². The van der Waals surface area contributed by atoms with Gasteiger partial charge >= 0.3 is 0 Å². The lowest BCUT2D eigenvalue weighted by Gasteiger charge is -2.30. The minimum Gasteiger partial charge on any atom is -0.474 e. The summed E-state index contributed by atoms with van der Waals surface area (Å²) in [6.45, 7) is 3.00. The van der Waals surface area contributed by atoms with E-state index in [9.17, 15) is 0 Å². The normalized spacial score (nSPS) is 22.7. The second-order valence-corrected chi connectivity index (χ2v) is 7.57. The summed E-state index contributed by atoms with van der Waals surface area (Å²) in [5.41, 5.74) is 7.65. The quantitative estimate of drug-likeness (QED) is 0.670. The van der Waals surface area contributed by atoms with Gasteiger partial charge in [-0.25, -0.2) is 0 Å². The van der Waals surface area contributed by atoms with E-state index in [2.05, 4.69) is 30.5 Å². The van der Waals surface area contributed by atoms with Gasteiger partial charge in [-0.3, -0.25) is 4.98 Å². The van der Waals surface area contributed by atoms with Crippen LogP contribution in [0.2, 0.25) is 0 Å². The van der Waals surface area contributed by atoms with Crippen molar-refractivity contribution in [1.29, 1.82) is 0 Å². The molecule has 0 atom stereocenters. The minimum atomic E-state index is 0.110. The van der Waals surface area contributed by atoms with E-state index in [1.54, 1.807) is 6.20 Å². The Hall–Kier alpha value is -2.85. The first kappa shape index (κ1) is 18.2. The molecule has 10 heteroatoms. The van der Waals surface area contributed by atoms with Gasteiger partial charge < -0.3 is 20.1 Å². The van der Waals surface area contributed by atoms with E-state index in [4.69, 9.17) is 20.2 Å². The van der Waals surface area contributed by atoms with Crippen molar-refractivity contribution in [3.63, 3.8) is 0 Å². The molecule has 0 aromatic carbocycles. The van der Waals surface area contributed by atoms with Gasteiger partial charge in [0.05, 0.1) is 24.1 Å². The third kappa shape index (κ3) is 3.85. The molecule has 0 spiro atoms. The number of hydrogen-bond acceptors (Lipinski definition) is 9. The number of morpholine rings is 1. The molecule has 5 rings (SSSR count). The van der Waals surface area contributed by atoms with Crippen molar-refractivity contribution in [3.05, 3.63) is 18.3 Å². The molecule has 2 aliphatic rings. The molecule has 1 aliphatic carbocycles. The highest BCUT2D eigenvalue weighted by molar-refractivity contribution is 5.88. The van der Waals surface area contributed by atoms with Gasteiger partial charge in [-0.05, 0) is 37.0 Å². The van der Waals surface area contributed by atoms with Crippen LogP contribution >= 0.6 is 0 Å². The molecule has 1 saturated carbocycles. The van der Waals surface area contributed by atoms with Crippen LogP contribution < -0.4 is 15.4 Å². The first-order chi connectivity index (χ1) is 14.3. The standard InChI is InChI=1S/C19H24N8O2/c20-13-1-3-14(4-2-13)29-19-15-9-12(18-23-25-26-24-18)11-21-16(15)10-17(22-19)27-5-7-28-8-6-27/h9-11,13-14H,1-8,20H2,(H,23,24,25,26). The van der Waals surface area contributed by atoms with Crippen LogP contribution in [0.3, 0.4) is 0 Å². The zero-order chi connectivity index (χ0) is 19.6. The number of aromatic nitrogens is 6. The summed E-state index contributed by atoms with van der Waals surface area (Å²) >= 11 is 0. The van der Waals surface area contributed by atoms with Crippen molar-refractivity contribution < 1.29 is 9.47 Å². The lowest BCUT2D eigenvalue weighted by Crippen LogP contribution is -2.37. The molecule has 0 amide bonds. The maximum Gasteiger partial charge on any atom is 0.225 e. The van der Waals surface area contributed by atoms with Crippen LogP contribution in [0, 0.1) is 0 Å². The molecule has 0 unspecified atom stereocenters. The fourth-order valence-corrected chi connectivity index (χ4v) is 3.90. The Labute approximate surface area is 167 Å². The fraction of sp³-hybridized carbons (Fsp3) is 0.526. The number of pyridine rings is 2. The Bertz CT molecular complexity index is 966. The second-order valence-electron chi connectivity index (χ2n) is 7.57. The lowest BCUT2D eigenvalue weighted by molar-refractivity contribution is 0.122. The first-order valence-electron chi connectivity index (χ1n) is 10.1. The van der Waals surface area contributed by atoms with Crippen LogP contribution in [0.4, 0.5) is 5.82 Å². The van der Waals surface area contributed by atoms with Crippen LogP contribution in [0.15, 0.2) is 18.3 Å². The molecule has 2 fully saturated rings. The van der Waals surface area contributed by atoms with Gasteiger partial charge in [0.15, 0.2) is 0 Å². The Morgan fingerprint density at radius 2 is 1.97 bits per heavy atom. The molecule has 0 bridgehead atoms. The van der Waals surface area contributed by atoms with Crippen LogP contribution in [-0.2, 0) is 4.74 Å². The SMILES string of the molecule is NC1CCC(Oc2nc(N3CCOCC3)cc3ncc(-c4nn[nH]n4)cc23)CC1. The van der Waals surface area contributed by atoms with Gasteiger partial charge in [0.1, 0.15) is 11.9 Å². The highest BCUT2D eigenvalue weighted by Crippen LogP contribution is 2.32. The Balaban J connectivity index is 1.54. The predicted molar refractivity (Wildman–Crippen MR) is 107 cm³/mol. The number of hydrogen-bond donors (Lipinski definition) is 2. The maximum atomic E-state index is 6.39. The van der Waals surface area contributed by atoms with E-state index >= 15 is 0 Å². The minimum absolute atomic E-state index is 0.110. The summed E-state index contributed by atoms with van der Waals surface area (Å²) in [4.78, 5) is 11.7. The Morgan fingerprint density at radius 3 is 2.72 bits per heavy atom. The molecule has 3 aromatic heterocycles. The van der Waals surface area contributed by atoms with Crippen molar-refractivity contribution in [2.75, 3.05) is 31.2 Å². The van der Waals surface area contributed by atoms with Gasteiger partial charge in [0.2, 0.25) is 11.7 Å². The first-order valence-corrected chi connectivity index (χ1v) is 10.1. The Morgan fingerprint density at radius 1 is 1.14 bits per heavy atom. The largest absolute Gasteiger partial charge is 0.474 e. The number of nitrogens with one attached hydrogen (secondary N) is 1. The number of rotatable bonds is 4. The number of ether oxygens (including phenoxy) is 2. The number of tetrazole rings is 1. The molecule has 1 saturated heterocycles. The second kappa shape index (κ2) is 7.88. The van der Waals surface area contributed by atoms with Crippen molar-refractivity contribution in [2.24, 2.45) is 5.73 Å². The van der Waals surface area contributed by atoms with Gasteiger partial charge in [0.25, 0.3) is 0 Å². The van der Waals surface area contributed by atoms with Crippen molar-refractivity contribution in [3.8, 4) is 17.3 Å². The van der Waals surface area contributed by atoms with E-state index in [-0.39, 0.29) is 12.1 Å². The van der Waals surface area contributed by atoms with E-state index in [0.29, 0.717) is 24.9 Å². The summed E-state index contributed by atoms with van der Waals surface area (Å²) in [6.07, 6.45) is 5.67. The average molecular weight is 396 g/mol.